The van der Waals surface area contributed by atoms with Crippen LogP contribution in [-0.4, -0.2) is 32.1 Å². The lowest BCUT2D eigenvalue weighted by Crippen LogP contribution is -2.34. The lowest BCUT2D eigenvalue weighted by Gasteiger charge is -2.27. The third-order valence-electron chi connectivity index (χ3n) is 5.21. The lowest BCUT2D eigenvalue weighted by atomic mass is 9.99. The van der Waals surface area contributed by atoms with Crippen molar-refractivity contribution in [3.05, 3.63) is 70.1 Å². The summed E-state index contributed by atoms with van der Waals surface area (Å²) in [7, 11) is 0. The first kappa shape index (κ1) is 20.4. The van der Waals surface area contributed by atoms with E-state index < -0.39 is 11.7 Å². The molecule has 9 heteroatoms. The summed E-state index contributed by atoms with van der Waals surface area (Å²) in [5.74, 6) is -0.0845. The summed E-state index contributed by atoms with van der Waals surface area (Å²) in [5.41, 5.74) is 2.48. The van der Waals surface area contributed by atoms with Gasteiger partial charge in [0.15, 0.2) is 0 Å². The number of pyridine rings is 1. The summed E-state index contributed by atoms with van der Waals surface area (Å²) in [6.45, 7) is 2.65. The molecule has 1 aliphatic heterocycles. The van der Waals surface area contributed by atoms with E-state index in [2.05, 4.69) is 10.1 Å². The predicted octanol–water partition coefficient (Wildman–Crippen LogP) is 4.57. The van der Waals surface area contributed by atoms with E-state index in [9.17, 15) is 18.0 Å². The summed E-state index contributed by atoms with van der Waals surface area (Å²) in [6.07, 6.45) is -0.666. The van der Waals surface area contributed by atoms with Crippen LogP contribution in [0.15, 0.2) is 42.7 Å². The number of carbonyl (C=O) groups is 1. The molecular formula is C21H18ClF3N4O. The van der Waals surface area contributed by atoms with Gasteiger partial charge < -0.3 is 4.90 Å². The standard InChI is InChI=1S/C21H18ClF3N4O/c1-13(30)28-8-6-19-17(12-28)20(14-3-2-4-16(9-14)21(23,24)25)27-29(19)11-15-10-26-7-5-18(15)22/h2-5,7,9-10H,6,8,11-12H2,1H3. The van der Waals surface area contributed by atoms with E-state index in [1.54, 1.807) is 34.1 Å². The molecule has 0 atom stereocenters. The van der Waals surface area contributed by atoms with E-state index in [1.165, 1.54) is 13.0 Å². The number of rotatable bonds is 3. The number of amides is 1. The Morgan fingerprint density at radius 3 is 2.77 bits per heavy atom. The van der Waals surface area contributed by atoms with Gasteiger partial charge in [0.1, 0.15) is 0 Å². The molecule has 0 bridgehead atoms. The molecule has 0 unspecified atom stereocenters. The van der Waals surface area contributed by atoms with Gasteiger partial charge in [-0.15, -0.1) is 0 Å². The molecule has 2 aromatic heterocycles. The molecule has 0 radical (unpaired) electrons. The minimum atomic E-state index is -4.45. The number of alkyl halides is 3. The number of hydrogen-bond acceptors (Lipinski definition) is 3. The topological polar surface area (TPSA) is 51.0 Å². The van der Waals surface area contributed by atoms with Gasteiger partial charge in [-0.05, 0) is 18.2 Å². The van der Waals surface area contributed by atoms with Gasteiger partial charge in [0.2, 0.25) is 5.91 Å². The summed E-state index contributed by atoms with van der Waals surface area (Å²) in [6, 6.07) is 6.78. The monoisotopic (exact) mass is 434 g/mol. The maximum absolute atomic E-state index is 13.2. The first-order chi connectivity index (χ1) is 14.2. The zero-order valence-electron chi connectivity index (χ0n) is 16.1. The van der Waals surface area contributed by atoms with Gasteiger partial charge in [-0.25, -0.2) is 0 Å². The number of carbonyl (C=O) groups excluding carboxylic acids is 1. The van der Waals surface area contributed by atoms with Crippen LogP contribution in [0.25, 0.3) is 11.3 Å². The molecule has 1 aromatic carbocycles. The van der Waals surface area contributed by atoms with Crippen molar-refractivity contribution in [2.24, 2.45) is 0 Å². The van der Waals surface area contributed by atoms with Crippen molar-refractivity contribution in [3.63, 3.8) is 0 Å². The van der Waals surface area contributed by atoms with E-state index in [4.69, 9.17) is 11.6 Å². The molecule has 1 amide bonds. The second-order valence-electron chi connectivity index (χ2n) is 7.17. The molecule has 3 heterocycles. The van der Waals surface area contributed by atoms with Crippen LogP contribution in [0.1, 0.15) is 29.3 Å². The van der Waals surface area contributed by atoms with Crippen molar-refractivity contribution in [2.45, 2.75) is 32.6 Å². The Morgan fingerprint density at radius 1 is 1.27 bits per heavy atom. The predicted molar refractivity (Wildman–Crippen MR) is 106 cm³/mol. The SMILES string of the molecule is CC(=O)N1CCc2c(c(-c3cccc(C(F)(F)F)c3)nn2Cc2cnccc2Cl)C1. The fourth-order valence-corrected chi connectivity index (χ4v) is 3.82. The second kappa shape index (κ2) is 7.75. The van der Waals surface area contributed by atoms with E-state index in [0.29, 0.717) is 42.3 Å². The average Bonchev–Trinajstić information content (AvgIpc) is 3.07. The molecular weight excluding hydrogens is 417 g/mol. The molecule has 5 nitrogen and oxygen atoms in total. The smallest absolute Gasteiger partial charge is 0.338 e. The van der Waals surface area contributed by atoms with Gasteiger partial charge in [-0.3, -0.25) is 14.5 Å². The summed E-state index contributed by atoms with van der Waals surface area (Å²) >= 11 is 6.26. The van der Waals surface area contributed by atoms with Gasteiger partial charge in [0.05, 0.1) is 17.8 Å². The first-order valence-corrected chi connectivity index (χ1v) is 9.72. The van der Waals surface area contributed by atoms with Gasteiger partial charge in [-0.2, -0.15) is 18.3 Å². The van der Waals surface area contributed by atoms with Crippen molar-refractivity contribution >= 4 is 17.5 Å². The molecule has 0 spiro atoms. The molecule has 1 aliphatic rings. The van der Waals surface area contributed by atoms with E-state index in [0.717, 1.165) is 29.0 Å². The summed E-state index contributed by atoms with van der Waals surface area (Å²) in [5, 5.41) is 5.18. The maximum Gasteiger partial charge on any atom is 0.416 e. The number of fused-ring (bicyclic) bond motifs is 1. The first-order valence-electron chi connectivity index (χ1n) is 9.34. The average molecular weight is 435 g/mol. The van der Waals surface area contributed by atoms with Crippen LogP contribution >= 0.6 is 11.6 Å². The van der Waals surface area contributed by atoms with Crippen LogP contribution < -0.4 is 0 Å². The highest BCUT2D eigenvalue weighted by molar-refractivity contribution is 6.31. The highest BCUT2D eigenvalue weighted by atomic mass is 35.5. The lowest BCUT2D eigenvalue weighted by molar-refractivity contribution is -0.137. The third-order valence-corrected chi connectivity index (χ3v) is 5.58. The van der Waals surface area contributed by atoms with Crippen molar-refractivity contribution in [1.29, 1.82) is 0 Å². The largest absolute Gasteiger partial charge is 0.416 e. The van der Waals surface area contributed by atoms with Gasteiger partial charge >= 0.3 is 6.18 Å². The van der Waals surface area contributed by atoms with Crippen LogP contribution in [0.5, 0.6) is 0 Å². The molecule has 3 aromatic rings. The van der Waals surface area contributed by atoms with E-state index >= 15 is 0 Å². The Bertz CT molecular complexity index is 1110. The van der Waals surface area contributed by atoms with Crippen molar-refractivity contribution in [1.82, 2.24) is 19.7 Å². The molecule has 0 aliphatic carbocycles. The van der Waals surface area contributed by atoms with Crippen molar-refractivity contribution in [2.75, 3.05) is 6.54 Å². The second-order valence-corrected chi connectivity index (χ2v) is 7.57. The minimum Gasteiger partial charge on any atom is -0.338 e. The van der Waals surface area contributed by atoms with E-state index in [1.807, 2.05) is 0 Å². The Labute approximate surface area is 176 Å². The Kier molecular flexibility index (Phi) is 5.27. The molecule has 4 rings (SSSR count). The highest BCUT2D eigenvalue weighted by Gasteiger charge is 2.32. The van der Waals surface area contributed by atoms with Crippen LogP contribution in [0.3, 0.4) is 0 Å². The maximum atomic E-state index is 13.2. The Hall–Kier alpha value is -2.87. The van der Waals surface area contributed by atoms with Crippen molar-refractivity contribution in [3.8, 4) is 11.3 Å². The molecule has 0 saturated heterocycles. The van der Waals surface area contributed by atoms with Crippen LogP contribution in [0.4, 0.5) is 13.2 Å². The third kappa shape index (κ3) is 3.92. The molecule has 30 heavy (non-hydrogen) atoms. The normalized spacial score (nSPS) is 14.0. The molecule has 156 valence electrons. The van der Waals surface area contributed by atoms with Crippen LogP contribution in [0, 0.1) is 0 Å². The molecule has 0 fully saturated rings. The number of benzene rings is 1. The van der Waals surface area contributed by atoms with Gasteiger partial charge in [-0.1, -0.05) is 23.7 Å². The Morgan fingerprint density at radius 2 is 2.07 bits per heavy atom. The molecule has 0 N–H and O–H groups in total. The number of aromatic nitrogens is 3. The quantitative estimate of drug-likeness (QED) is 0.606. The van der Waals surface area contributed by atoms with Crippen LogP contribution in [0.2, 0.25) is 5.02 Å². The zero-order valence-corrected chi connectivity index (χ0v) is 16.8. The number of halogens is 4. The van der Waals surface area contributed by atoms with Crippen molar-refractivity contribution < 1.29 is 18.0 Å². The summed E-state index contributed by atoms with van der Waals surface area (Å²) in [4.78, 5) is 17.7. The van der Waals surface area contributed by atoms with Crippen LogP contribution in [-0.2, 0) is 30.5 Å². The van der Waals surface area contributed by atoms with Gasteiger partial charge in [0, 0.05) is 66.2 Å². The van der Waals surface area contributed by atoms with Gasteiger partial charge in [0.25, 0.3) is 0 Å². The number of nitrogens with zero attached hydrogens (tertiary/aromatic N) is 4. The fourth-order valence-electron chi connectivity index (χ4n) is 3.65. The molecule has 0 saturated carbocycles. The zero-order chi connectivity index (χ0) is 21.5. The number of hydrogen-bond donors (Lipinski definition) is 0. The Balaban J connectivity index is 1.82. The van der Waals surface area contributed by atoms with E-state index in [-0.39, 0.29) is 5.91 Å². The minimum absolute atomic E-state index is 0.0845. The highest BCUT2D eigenvalue weighted by Crippen LogP contribution is 2.35. The summed E-state index contributed by atoms with van der Waals surface area (Å²) < 4.78 is 41.4. The fraction of sp³-hybridized carbons (Fsp3) is 0.286.